The molecule has 2 amide bonds. The first-order chi connectivity index (χ1) is 14.5. The number of para-hydroxylation sites is 4. The number of carbonyl (C=O) groups is 2. The highest BCUT2D eigenvalue weighted by molar-refractivity contribution is 5.90. The molecule has 154 valence electrons. The molecular formula is C24H24N2O4. The van der Waals surface area contributed by atoms with Crippen molar-refractivity contribution in [1.82, 2.24) is 0 Å². The summed E-state index contributed by atoms with van der Waals surface area (Å²) < 4.78 is 11.8. The average Bonchev–Trinajstić information content (AvgIpc) is 2.72. The second kappa shape index (κ2) is 10.1. The number of benzene rings is 3. The minimum atomic E-state index is -0.148. The molecule has 0 spiro atoms. The van der Waals surface area contributed by atoms with E-state index in [1.54, 1.807) is 12.1 Å². The summed E-state index contributed by atoms with van der Waals surface area (Å²) in [6, 6.07) is 22.5. The average molecular weight is 404 g/mol. The van der Waals surface area contributed by atoms with E-state index >= 15 is 0 Å². The van der Waals surface area contributed by atoms with Crippen molar-refractivity contribution in [2.45, 2.75) is 27.1 Å². The van der Waals surface area contributed by atoms with Crippen LogP contribution < -0.4 is 20.1 Å². The number of rotatable bonds is 8. The SMILES string of the molecule is CC(=O)Nc1ccccc1OCc1cccc(COc2ccccc2NC(C)=O)c1. The molecule has 6 heteroatoms. The Morgan fingerprint density at radius 3 is 1.53 bits per heavy atom. The molecule has 3 aromatic rings. The van der Waals surface area contributed by atoms with Gasteiger partial charge in [-0.2, -0.15) is 0 Å². The van der Waals surface area contributed by atoms with Gasteiger partial charge in [-0.05, 0) is 41.5 Å². The van der Waals surface area contributed by atoms with Crippen LogP contribution in [0.1, 0.15) is 25.0 Å². The van der Waals surface area contributed by atoms with Crippen molar-refractivity contribution in [1.29, 1.82) is 0 Å². The Morgan fingerprint density at radius 2 is 1.10 bits per heavy atom. The number of carbonyl (C=O) groups excluding carboxylic acids is 2. The van der Waals surface area contributed by atoms with Gasteiger partial charge in [0.15, 0.2) is 0 Å². The second-order valence-electron chi connectivity index (χ2n) is 6.75. The van der Waals surface area contributed by atoms with Gasteiger partial charge < -0.3 is 20.1 Å². The number of ether oxygens (including phenoxy) is 2. The molecular weight excluding hydrogens is 380 g/mol. The number of hydrogen-bond acceptors (Lipinski definition) is 4. The molecule has 0 saturated heterocycles. The van der Waals surface area contributed by atoms with Crippen LogP contribution in [0.15, 0.2) is 72.8 Å². The first kappa shape index (κ1) is 20.9. The fourth-order valence-electron chi connectivity index (χ4n) is 2.90. The van der Waals surface area contributed by atoms with Crippen LogP contribution in [0.2, 0.25) is 0 Å². The van der Waals surface area contributed by atoms with Crippen LogP contribution in [-0.4, -0.2) is 11.8 Å². The summed E-state index contributed by atoms with van der Waals surface area (Å²) in [7, 11) is 0. The highest BCUT2D eigenvalue weighted by Gasteiger charge is 2.07. The molecule has 0 aliphatic carbocycles. The third-order valence-electron chi connectivity index (χ3n) is 4.18. The van der Waals surface area contributed by atoms with Gasteiger partial charge in [-0.1, -0.05) is 42.5 Å². The highest BCUT2D eigenvalue weighted by atomic mass is 16.5. The molecule has 0 aliphatic heterocycles. The summed E-state index contributed by atoms with van der Waals surface area (Å²) in [4.78, 5) is 22.7. The Labute approximate surface area is 175 Å². The van der Waals surface area contributed by atoms with E-state index in [0.29, 0.717) is 36.1 Å². The van der Waals surface area contributed by atoms with Crippen molar-refractivity contribution in [3.05, 3.63) is 83.9 Å². The van der Waals surface area contributed by atoms with E-state index in [4.69, 9.17) is 9.47 Å². The largest absolute Gasteiger partial charge is 0.487 e. The summed E-state index contributed by atoms with van der Waals surface area (Å²) in [5.41, 5.74) is 3.23. The molecule has 0 atom stereocenters. The Morgan fingerprint density at radius 1 is 0.667 bits per heavy atom. The molecule has 3 aromatic carbocycles. The molecule has 0 saturated carbocycles. The van der Waals surface area contributed by atoms with E-state index in [2.05, 4.69) is 10.6 Å². The third-order valence-corrected chi connectivity index (χ3v) is 4.18. The van der Waals surface area contributed by atoms with Crippen LogP contribution in [0.4, 0.5) is 11.4 Å². The standard InChI is InChI=1S/C24H24N2O4/c1-17(27)25-21-10-3-5-12-23(21)29-15-19-8-7-9-20(14-19)16-30-24-13-6-4-11-22(24)26-18(2)28/h3-14H,15-16H2,1-2H3,(H,25,27)(H,26,28). The maximum Gasteiger partial charge on any atom is 0.221 e. The maximum atomic E-state index is 11.4. The molecule has 0 aliphatic rings. The Bertz CT molecular complexity index is 954. The first-order valence-corrected chi connectivity index (χ1v) is 9.58. The van der Waals surface area contributed by atoms with E-state index in [0.717, 1.165) is 11.1 Å². The summed E-state index contributed by atoms with van der Waals surface area (Å²) >= 11 is 0. The topological polar surface area (TPSA) is 76.7 Å². The molecule has 0 aromatic heterocycles. The van der Waals surface area contributed by atoms with E-state index in [-0.39, 0.29) is 11.8 Å². The molecule has 0 unspecified atom stereocenters. The van der Waals surface area contributed by atoms with Crippen molar-refractivity contribution in [2.75, 3.05) is 10.6 Å². The van der Waals surface area contributed by atoms with Crippen LogP contribution in [0, 0.1) is 0 Å². The minimum Gasteiger partial charge on any atom is -0.487 e. The first-order valence-electron chi connectivity index (χ1n) is 9.58. The van der Waals surface area contributed by atoms with Gasteiger partial charge in [0.1, 0.15) is 24.7 Å². The predicted molar refractivity (Wildman–Crippen MR) is 117 cm³/mol. The lowest BCUT2D eigenvalue weighted by Gasteiger charge is -2.13. The second-order valence-corrected chi connectivity index (χ2v) is 6.75. The van der Waals surface area contributed by atoms with Crippen molar-refractivity contribution < 1.29 is 19.1 Å². The van der Waals surface area contributed by atoms with Crippen molar-refractivity contribution in [3.63, 3.8) is 0 Å². The normalized spacial score (nSPS) is 10.2. The Kier molecular flexibility index (Phi) is 7.05. The van der Waals surface area contributed by atoms with E-state index in [1.165, 1.54) is 13.8 Å². The third kappa shape index (κ3) is 6.10. The van der Waals surface area contributed by atoms with Crippen molar-refractivity contribution in [3.8, 4) is 11.5 Å². The number of amides is 2. The van der Waals surface area contributed by atoms with Gasteiger partial charge in [0.25, 0.3) is 0 Å². The molecule has 0 radical (unpaired) electrons. The quantitative estimate of drug-likeness (QED) is 0.567. The number of nitrogens with one attached hydrogen (secondary N) is 2. The molecule has 30 heavy (non-hydrogen) atoms. The van der Waals surface area contributed by atoms with Crippen molar-refractivity contribution >= 4 is 23.2 Å². The van der Waals surface area contributed by atoms with E-state index in [1.807, 2.05) is 60.7 Å². The number of anilines is 2. The highest BCUT2D eigenvalue weighted by Crippen LogP contribution is 2.26. The van der Waals surface area contributed by atoms with Crippen LogP contribution in [-0.2, 0) is 22.8 Å². The molecule has 2 N–H and O–H groups in total. The number of hydrogen-bond donors (Lipinski definition) is 2. The van der Waals surface area contributed by atoms with E-state index < -0.39 is 0 Å². The zero-order chi connectivity index (χ0) is 21.3. The van der Waals surface area contributed by atoms with Gasteiger partial charge in [-0.3, -0.25) is 9.59 Å². The fraction of sp³-hybridized carbons (Fsp3) is 0.167. The summed E-state index contributed by atoms with van der Waals surface area (Å²) in [5.74, 6) is 0.923. The smallest absolute Gasteiger partial charge is 0.221 e. The molecule has 0 fully saturated rings. The summed E-state index contributed by atoms with van der Waals surface area (Å²) in [6.45, 7) is 3.63. The predicted octanol–water partition coefficient (Wildman–Crippen LogP) is 4.76. The molecule has 0 heterocycles. The van der Waals surface area contributed by atoms with Gasteiger partial charge in [-0.15, -0.1) is 0 Å². The lowest BCUT2D eigenvalue weighted by atomic mass is 10.1. The zero-order valence-electron chi connectivity index (χ0n) is 17.0. The van der Waals surface area contributed by atoms with Gasteiger partial charge >= 0.3 is 0 Å². The zero-order valence-corrected chi connectivity index (χ0v) is 17.0. The van der Waals surface area contributed by atoms with Gasteiger partial charge in [0.05, 0.1) is 11.4 Å². The minimum absolute atomic E-state index is 0.148. The van der Waals surface area contributed by atoms with Crippen LogP contribution in [0.25, 0.3) is 0 Å². The Hall–Kier alpha value is -3.80. The van der Waals surface area contributed by atoms with E-state index in [9.17, 15) is 9.59 Å². The van der Waals surface area contributed by atoms with Crippen molar-refractivity contribution in [2.24, 2.45) is 0 Å². The van der Waals surface area contributed by atoms with Crippen LogP contribution in [0.3, 0.4) is 0 Å². The monoisotopic (exact) mass is 404 g/mol. The molecule has 3 rings (SSSR count). The lowest BCUT2D eigenvalue weighted by molar-refractivity contribution is -0.115. The molecule has 6 nitrogen and oxygen atoms in total. The van der Waals surface area contributed by atoms with Crippen LogP contribution >= 0.6 is 0 Å². The molecule has 0 bridgehead atoms. The maximum absolute atomic E-state index is 11.4. The lowest BCUT2D eigenvalue weighted by Crippen LogP contribution is -2.08. The van der Waals surface area contributed by atoms with Gasteiger partial charge in [0, 0.05) is 13.8 Å². The summed E-state index contributed by atoms with van der Waals surface area (Å²) in [6.07, 6.45) is 0. The summed E-state index contributed by atoms with van der Waals surface area (Å²) in [5, 5.41) is 5.53. The fourth-order valence-corrected chi connectivity index (χ4v) is 2.90. The van der Waals surface area contributed by atoms with Gasteiger partial charge in [0.2, 0.25) is 11.8 Å². The van der Waals surface area contributed by atoms with Crippen LogP contribution in [0.5, 0.6) is 11.5 Å². The Balaban J connectivity index is 1.64. The van der Waals surface area contributed by atoms with Gasteiger partial charge in [-0.25, -0.2) is 0 Å².